The molecular weight excluding hydrogens is 464 g/mol. The molecule has 2 N–H and O–H groups in total. The van der Waals surface area contributed by atoms with Crippen molar-refractivity contribution in [1.82, 2.24) is 9.13 Å². The van der Waals surface area contributed by atoms with Crippen LogP contribution >= 0.6 is 0 Å². The Morgan fingerprint density at radius 3 is 1.97 bits per heavy atom. The van der Waals surface area contributed by atoms with Crippen LogP contribution in [0.15, 0.2) is 27.8 Å². The molecule has 0 atom stereocenters. The summed E-state index contributed by atoms with van der Waals surface area (Å²) >= 11 is 0. The van der Waals surface area contributed by atoms with Crippen molar-refractivity contribution in [2.24, 2.45) is 7.05 Å². The minimum Gasteiger partial charge on any atom is -0.454 e. The van der Waals surface area contributed by atoms with Crippen molar-refractivity contribution >= 4 is 17.6 Å². The maximum Gasteiger partial charge on any atom is 0.416 e. The Morgan fingerprint density at radius 2 is 1.52 bits per heavy atom. The van der Waals surface area contributed by atoms with Gasteiger partial charge < -0.3 is 10.5 Å². The number of esters is 1. The molecule has 1 heterocycles. The zero-order chi connectivity index (χ0) is 25.3. The van der Waals surface area contributed by atoms with Crippen molar-refractivity contribution in [3.8, 4) is 0 Å². The molecule has 2 rings (SSSR count). The van der Waals surface area contributed by atoms with Crippen LogP contribution in [-0.4, -0.2) is 27.5 Å². The molecule has 180 valence electrons. The molecular formula is C19H17F6N3O5. The second kappa shape index (κ2) is 9.11. The molecule has 2 aromatic rings. The summed E-state index contributed by atoms with van der Waals surface area (Å²) in [5.41, 5.74) is -1.50. The number of anilines is 1. The van der Waals surface area contributed by atoms with Gasteiger partial charge in [-0.2, -0.15) is 26.3 Å². The van der Waals surface area contributed by atoms with Crippen molar-refractivity contribution in [3.63, 3.8) is 0 Å². The lowest BCUT2D eigenvalue weighted by atomic mass is 10.0. The minimum absolute atomic E-state index is 0.0449. The molecule has 0 saturated heterocycles. The number of nitrogens with two attached hydrogens (primary N) is 1. The zero-order valence-corrected chi connectivity index (χ0v) is 17.1. The molecule has 0 amide bonds. The van der Waals surface area contributed by atoms with Gasteiger partial charge in [-0.15, -0.1) is 0 Å². The third kappa shape index (κ3) is 5.43. The normalized spacial score (nSPS) is 12.0. The number of hydrogen-bond acceptors (Lipinski definition) is 6. The van der Waals surface area contributed by atoms with Crippen LogP contribution in [0.5, 0.6) is 0 Å². The number of halogens is 6. The Kier molecular flexibility index (Phi) is 7.09. The lowest BCUT2D eigenvalue weighted by Gasteiger charge is -2.15. The van der Waals surface area contributed by atoms with E-state index in [1.807, 2.05) is 0 Å². The summed E-state index contributed by atoms with van der Waals surface area (Å²) < 4.78 is 83.7. The molecule has 0 aliphatic carbocycles. The maximum atomic E-state index is 12.9. The molecule has 0 unspecified atom stereocenters. The molecule has 1 aromatic carbocycles. The number of ether oxygens (including phenoxy) is 1. The predicted molar refractivity (Wildman–Crippen MR) is 102 cm³/mol. The van der Waals surface area contributed by atoms with Gasteiger partial charge in [0.05, 0.1) is 16.7 Å². The second-order valence-corrected chi connectivity index (χ2v) is 6.85. The lowest BCUT2D eigenvalue weighted by Crippen LogP contribution is -2.43. The summed E-state index contributed by atoms with van der Waals surface area (Å²) in [5, 5.41) is 0. The quantitative estimate of drug-likeness (QED) is 0.386. The van der Waals surface area contributed by atoms with E-state index in [2.05, 4.69) is 4.74 Å². The average Bonchev–Trinajstić information content (AvgIpc) is 2.72. The van der Waals surface area contributed by atoms with Gasteiger partial charge in [0.15, 0.2) is 6.61 Å². The van der Waals surface area contributed by atoms with E-state index in [9.17, 15) is 45.5 Å². The highest BCUT2D eigenvalue weighted by atomic mass is 19.4. The van der Waals surface area contributed by atoms with E-state index >= 15 is 0 Å². The molecule has 0 aliphatic rings. The van der Waals surface area contributed by atoms with E-state index in [0.717, 1.165) is 11.6 Å². The summed E-state index contributed by atoms with van der Waals surface area (Å²) in [7, 11) is 1.07. The van der Waals surface area contributed by atoms with E-state index in [4.69, 9.17) is 5.73 Å². The Balaban J connectivity index is 2.39. The van der Waals surface area contributed by atoms with Crippen LogP contribution in [0.2, 0.25) is 0 Å². The summed E-state index contributed by atoms with van der Waals surface area (Å²) in [6, 6.07) is 0.0943. The van der Waals surface area contributed by atoms with E-state index in [-0.39, 0.29) is 24.7 Å². The first kappa shape index (κ1) is 25.7. The minimum atomic E-state index is -5.19. The zero-order valence-electron chi connectivity index (χ0n) is 17.1. The number of alkyl halides is 6. The third-order valence-corrected chi connectivity index (χ3v) is 4.47. The topological polar surface area (TPSA) is 113 Å². The van der Waals surface area contributed by atoms with Gasteiger partial charge in [-0.05, 0) is 24.6 Å². The van der Waals surface area contributed by atoms with Crippen LogP contribution in [0.3, 0.4) is 0 Å². The van der Waals surface area contributed by atoms with Gasteiger partial charge in [0.1, 0.15) is 11.4 Å². The number of ketones is 1. The molecule has 33 heavy (non-hydrogen) atoms. The maximum absolute atomic E-state index is 12.9. The van der Waals surface area contributed by atoms with E-state index < -0.39 is 70.0 Å². The van der Waals surface area contributed by atoms with Gasteiger partial charge in [-0.3, -0.25) is 18.7 Å². The standard InChI is InChI=1S/C19H17F6N3O5/c1-3-4-28-14(26)13(15(30)27(2)17(28)32)12(29)8-33-16(31)9-5-10(18(20,21)22)7-11(6-9)19(23,24)25/h5-7H,3-4,8,26H2,1-2H3. The second-order valence-electron chi connectivity index (χ2n) is 6.85. The van der Waals surface area contributed by atoms with Gasteiger partial charge >= 0.3 is 24.0 Å². The number of hydrogen-bond donors (Lipinski definition) is 1. The molecule has 14 heteroatoms. The Labute approximate surface area is 181 Å². The van der Waals surface area contributed by atoms with E-state index in [1.54, 1.807) is 6.92 Å². The summed E-state index contributed by atoms with van der Waals surface area (Å²) in [5.74, 6) is -3.38. The van der Waals surface area contributed by atoms with Crippen LogP contribution in [0.25, 0.3) is 0 Å². The molecule has 0 bridgehead atoms. The highest BCUT2D eigenvalue weighted by molar-refractivity contribution is 6.02. The molecule has 0 radical (unpaired) electrons. The molecule has 0 fully saturated rings. The van der Waals surface area contributed by atoms with Crippen molar-refractivity contribution < 1.29 is 40.7 Å². The Hall–Kier alpha value is -3.58. The third-order valence-electron chi connectivity index (χ3n) is 4.47. The van der Waals surface area contributed by atoms with Gasteiger partial charge in [-0.1, -0.05) is 6.92 Å². The molecule has 8 nitrogen and oxygen atoms in total. The highest BCUT2D eigenvalue weighted by Gasteiger charge is 2.37. The fourth-order valence-corrected chi connectivity index (χ4v) is 2.84. The van der Waals surface area contributed by atoms with E-state index in [0.29, 0.717) is 11.0 Å². The van der Waals surface area contributed by atoms with Gasteiger partial charge in [-0.25, -0.2) is 9.59 Å². The highest BCUT2D eigenvalue weighted by Crippen LogP contribution is 2.36. The number of nitrogen functional groups attached to an aromatic ring is 1. The number of nitrogens with zero attached hydrogens (tertiary/aromatic N) is 2. The number of carbonyl (C=O) groups is 2. The first-order valence-electron chi connectivity index (χ1n) is 9.18. The number of aromatic nitrogens is 2. The molecule has 0 saturated carbocycles. The lowest BCUT2D eigenvalue weighted by molar-refractivity contribution is -0.143. The van der Waals surface area contributed by atoms with Crippen LogP contribution in [-0.2, 0) is 30.7 Å². The van der Waals surface area contributed by atoms with Gasteiger partial charge in [0, 0.05) is 13.6 Å². The van der Waals surface area contributed by atoms with Crippen LogP contribution in [0.1, 0.15) is 45.2 Å². The van der Waals surface area contributed by atoms with Crippen molar-refractivity contribution in [1.29, 1.82) is 0 Å². The Bertz CT molecular complexity index is 1180. The van der Waals surface area contributed by atoms with Crippen LogP contribution in [0.4, 0.5) is 32.2 Å². The number of rotatable bonds is 6. The number of carbonyl (C=O) groups excluding carboxylic acids is 2. The first-order chi connectivity index (χ1) is 15.1. The molecule has 1 aromatic heterocycles. The van der Waals surface area contributed by atoms with Crippen molar-refractivity contribution in [2.45, 2.75) is 32.2 Å². The first-order valence-corrected chi connectivity index (χ1v) is 9.18. The number of Topliss-reactive ketones (excluding diaryl/α,β-unsaturated/α-hetero) is 1. The summed E-state index contributed by atoms with van der Waals surface area (Å²) in [6.45, 7) is 0.508. The Morgan fingerprint density at radius 1 is 1.00 bits per heavy atom. The molecule has 0 aliphatic heterocycles. The van der Waals surface area contributed by atoms with Crippen molar-refractivity contribution in [2.75, 3.05) is 12.3 Å². The van der Waals surface area contributed by atoms with Crippen LogP contribution < -0.4 is 17.0 Å². The van der Waals surface area contributed by atoms with E-state index in [1.165, 1.54) is 0 Å². The van der Waals surface area contributed by atoms with Crippen molar-refractivity contribution in [3.05, 3.63) is 61.3 Å². The fourth-order valence-electron chi connectivity index (χ4n) is 2.84. The number of benzene rings is 1. The smallest absolute Gasteiger partial charge is 0.416 e. The largest absolute Gasteiger partial charge is 0.454 e. The van der Waals surface area contributed by atoms with Gasteiger partial charge in [0.2, 0.25) is 5.78 Å². The monoisotopic (exact) mass is 481 g/mol. The summed E-state index contributed by atoms with van der Waals surface area (Å²) in [4.78, 5) is 49.0. The SMILES string of the molecule is CCCn1c(N)c(C(=O)COC(=O)c2cc(C(F)(F)F)cc(C(F)(F)F)c2)c(=O)n(C)c1=O. The fraction of sp³-hybridized carbons (Fsp3) is 0.368. The van der Waals surface area contributed by atoms with Gasteiger partial charge in [0.25, 0.3) is 5.56 Å². The predicted octanol–water partition coefficient (Wildman–Crippen LogP) is 2.62. The summed E-state index contributed by atoms with van der Waals surface area (Å²) in [6.07, 6.45) is -9.98. The molecule has 0 spiro atoms. The van der Waals surface area contributed by atoms with Crippen LogP contribution in [0, 0.1) is 0 Å². The average molecular weight is 481 g/mol.